The van der Waals surface area contributed by atoms with Crippen LogP contribution < -0.4 is 0 Å². The van der Waals surface area contributed by atoms with Gasteiger partial charge in [-0.25, -0.2) is 9.97 Å². The molecule has 0 aliphatic rings. The Kier molecular flexibility index (Phi) is 2.55. The molecular formula is C9H10N2. The molecule has 0 N–H and O–H groups in total. The molecule has 0 saturated heterocycles. The van der Waals surface area contributed by atoms with Crippen molar-refractivity contribution in [2.24, 2.45) is 0 Å². The van der Waals surface area contributed by atoms with Crippen LogP contribution in [0, 0.1) is 0 Å². The lowest BCUT2D eigenvalue weighted by Gasteiger charge is -1.91. The van der Waals surface area contributed by atoms with Crippen LogP contribution in [-0.4, -0.2) is 9.97 Å². The quantitative estimate of drug-likeness (QED) is 0.597. The van der Waals surface area contributed by atoms with Crippen LogP contribution in [0.2, 0.25) is 0 Å². The van der Waals surface area contributed by atoms with E-state index in [1.165, 1.54) is 6.33 Å². The summed E-state index contributed by atoms with van der Waals surface area (Å²) in [7, 11) is 0. The summed E-state index contributed by atoms with van der Waals surface area (Å²) >= 11 is 0. The van der Waals surface area contributed by atoms with Gasteiger partial charge in [0.25, 0.3) is 0 Å². The standard InChI is InChI=1S/C9H10N2/c1-3-8(2)6-9-4-5-10-7-11-9/h3-7H,1H2,2H3/b8-6-. The molecule has 0 bridgehead atoms. The molecule has 0 aromatic carbocycles. The zero-order valence-electron chi connectivity index (χ0n) is 6.49. The molecule has 2 heteroatoms. The largest absolute Gasteiger partial charge is 0.245 e. The first-order valence-corrected chi connectivity index (χ1v) is 3.39. The summed E-state index contributed by atoms with van der Waals surface area (Å²) in [6, 6.07) is 1.85. The number of aromatic nitrogens is 2. The molecule has 2 nitrogen and oxygen atoms in total. The third kappa shape index (κ3) is 2.34. The first kappa shape index (κ1) is 7.66. The molecule has 1 aromatic heterocycles. The van der Waals surface area contributed by atoms with Crippen molar-refractivity contribution < 1.29 is 0 Å². The Morgan fingerprint density at radius 3 is 3.00 bits per heavy atom. The van der Waals surface area contributed by atoms with Crippen LogP contribution in [0.5, 0.6) is 0 Å². The van der Waals surface area contributed by atoms with Gasteiger partial charge in [0.2, 0.25) is 0 Å². The molecule has 0 amide bonds. The van der Waals surface area contributed by atoms with Gasteiger partial charge in [-0.1, -0.05) is 12.7 Å². The summed E-state index contributed by atoms with van der Waals surface area (Å²) in [6.07, 6.45) is 6.99. The highest BCUT2D eigenvalue weighted by Gasteiger charge is 1.85. The Balaban J connectivity index is 2.87. The number of allylic oxidation sites excluding steroid dienone is 2. The smallest absolute Gasteiger partial charge is 0.115 e. The van der Waals surface area contributed by atoms with Gasteiger partial charge in [0, 0.05) is 6.20 Å². The van der Waals surface area contributed by atoms with Crippen molar-refractivity contribution in [2.45, 2.75) is 6.92 Å². The highest BCUT2D eigenvalue weighted by molar-refractivity contribution is 5.50. The average Bonchev–Trinajstić information content (AvgIpc) is 2.06. The molecule has 1 rings (SSSR count). The van der Waals surface area contributed by atoms with Crippen LogP contribution in [0.25, 0.3) is 6.08 Å². The summed E-state index contributed by atoms with van der Waals surface area (Å²) in [5.74, 6) is 0. The molecule has 0 radical (unpaired) electrons. The maximum absolute atomic E-state index is 4.03. The van der Waals surface area contributed by atoms with Crippen molar-refractivity contribution in [3.05, 3.63) is 42.5 Å². The molecule has 0 unspecified atom stereocenters. The predicted molar refractivity (Wildman–Crippen MR) is 45.9 cm³/mol. The van der Waals surface area contributed by atoms with Gasteiger partial charge in [0.15, 0.2) is 0 Å². The molecule has 0 spiro atoms. The molecular weight excluding hydrogens is 136 g/mol. The third-order valence-corrected chi connectivity index (χ3v) is 1.30. The van der Waals surface area contributed by atoms with E-state index in [0.29, 0.717) is 0 Å². The van der Waals surface area contributed by atoms with E-state index in [4.69, 9.17) is 0 Å². The summed E-state index contributed by atoms with van der Waals surface area (Å²) < 4.78 is 0. The van der Waals surface area contributed by atoms with Crippen molar-refractivity contribution in [3.8, 4) is 0 Å². The first-order valence-electron chi connectivity index (χ1n) is 3.39. The van der Waals surface area contributed by atoms with E-state index < -0.39 is 0 Å². The van der Waals surface area contributed by atoms with Crippen molar-refractivity contribution in [1.82, 2.24) is 9.97 Å². The second-order valence-electron chi connectivity index (χ2n) is 2.23. The fourth-order valence-corrected chi connectivity index (χ4v) is 0.678. The van der Waals surface area contributed by atoms with Gasteiger partial charge in [-0.15, -0.1) is 0 Å². The van der Waals surface area contributed by atoms with Crippen LogP contribution in [0.3, 0.4) is 0 Å². The maximum Gasteiger partial charge on any atom is 0.115 e. The van der Waals surface area contributed by atoms with Crippen molar-refractivity contribution >= 4 is 6.08 Å². The number of rotatable bonds is 2. The van der Waals surface area contributed by atoms with Gasteiger partial charge >= 0.3 is 0 Å². The number of nitrogens with zero attached hydrogens (tertiary/aromatic N) is 2. The van der Waals surface area contributed by atoms with Gasteiger partial charge in [-0.2, -0.15) is 0 Å². The van der Waals surface area contributed by atoms with E-state index in [9.17, 15) is 0 Å². The molecule has 11 heavy (non-hydrogen) atoms. The minimum atomic E-state index is 0.914. The molecule has 0 atom stereocenters. The number of hydrogen-bond donors (Lipinski definition) is 0. The monoisotopic (exact) mass is 146 g/mol. The minimum absolute atomic E-state index is 0.914. The average molecular weight is 146 g/mol. The van der Waals surface area contributed by atoms with Crippen molar-refractivity contribution in [2.75, 3.05) is 0 Å². The Labute approximate surface area is 66.3 Å². The summed E-state index contributed by atoms with van der Waals surface area (Å²) in [5.41, 5.74) is 2.01. The van der Waals surface area contributed by atoms with Crippen LogP contribution in [0.15, 0.2) is 36.8 Å². The lowest BCUT2D eigenvalue weighted by Crippen LogP contribution is -1.80. The molecule has 0 aliphatic carbocycles. The van der Waals surface area contributed by atoms with Gasteiger partial charge in [-0.05, 0) is 24.6 Å². The van der Waals surface area contributed by atoms with Gasteiger partial charge in [0.1, 0.15) is 6.33 Å². The topological polar surface area (TPSA) is 25.8 Å². The Morgan fingerprint density at radius 2 is 2.45 bits per heavy atom. The molecule has 0 aliphatic heterocycles. The fourth-order valence-electron chi connectivity index (χ4n) is 0.678. The van der Waals surface area contributed by atoms with Crippen LogP contribution in [0.1, 0.15) is 12.6 Å². The lowest BCUT2D eigenvalue weighted by atomic mass is 10.2. The van der Waals surface area contributed by atoms with E-state index in [-0.39, 0.29) is 0 Å². The van der Waals surface area contributed by atoms with Crippen LogP contribution in [-0.2, 0) is 0 Å². The zero-order valence-corrected chi connectivity index (χ0v) is 6.49. The Morgan fingerprint density at radius 1 is 1.64 bits per heavy atom. The highest BCUT2D eigenvalue weighted by atomic mass is 14.8. The summed E-state index contributed by atoms with van der Waals surface area (Å²) in [6.45, 7) is 5.63. The Hall–Kier alpha value is -1.44. The zero-order chi connectivity index (χ0) is 8.10. The minimum Gasteiger partial charge on any atom is -0.245 e. The number of hydrogen-bond acceptors (Lipinski definition) is 2. The SMILES string of the molecule is C=C/C(C)=C\c1ccncn1. The predicted octanol–water partition coefficient (Wildman–Crippen LogP) is 2.07. The highest BCUT2D eigenvalue weighted by Crippen LogP contribution is 2.01. The normalized spacial score (nSPS) is 11.2. The van der Waals surface area contributed by atoms with Gasteiger partial charge < -0.3 is 0 Å². The van der Waals surface area contributed by atoms with E-state index in [1.54, 1.807) is 12.3 Å². The van der Waals surface area contributed by atoms with Crippen molar-refractivity contribution in [1.29, 1.82) is 0 Å². The van der Waals surface area contributed by atoms with Gasteiger partial charge in [0.05, 0.1) is 5.69 Å². The van der Waals surface area contributed by atoms with Gasteiger partial charge in [-0.3, -0.25) is 0 Å². The van der Waals surface area contributed by atoms with Crippen molar-refractivity contribution in [3.63, 3.8) is 0 Å². The van der Waals surface area contributed by atoms with E-state index in [0.717, 1.165) is 11.3 Å². The third-order valence-electron chi connectivity index (χ3n) is 1.30. The Bertz CT molecular complexity index is 262. The van der Waals surface area contributed by atoms with E-state index >= 15 is 0 Å². The molecule has 1 heterocycles. The summed E-state index contributed by atoms with van der Waals surface area (Å²) in [5, 5.41) is 0. The second-order valence-corrected chi connectivity index (χ2v) is 2.23. The molecule has 0 fully saturated rings. The van der Waals surface area contributed by atoms with Crippen LogP contribution in [0.4, 0.5) is 0 Å². The fraction of sp³-hybridized carbons (Fsp3) is 0.111. The lowest BCUT2D eigenvalue weighted by molar-refractivity contribution is 1.15. The molecule has 56 valence electrons. The molecule has 1 aromatic rings. The first-order chi connectivity index (χ1) is 5.33. The van der Waals surface area contributed by atoms with E-state index in [1.807, 2.05) is 19.1 Å². The van der Waals surface area contributed by atoms with E-state index in [2.05, 4.69) is 16.5 Å². The summed E-state index contributed by atoms with van der Waals surface area (Å²) in [4.78, 5) is 7.84. The second kappa shape index (κ2) is 3.66. The maximum atomic E-state index is 4.03. The van der Waals surface area contributed by atoms with Crippen LogP contribution >= 0.6 is 0 Å². The molecule has 0 saturated carbocycles.